The summed E-state index contributed by atoms with van der Waals surface area (Å²) in [5.41, 5.74) is 9.81. The Balaban J connectivity index is 1.88. The molecule has 0 atom stereocenters. The number of nitrogens with zero attached hydrogens (tertiary/aromatic N) is 1. The Bertz CT molecular complexity index is 786. The maximum atomic E-state index is 12.5. The van der Waals surface area contributed by atoms with Crippen molar-refractivity contribution in [2.75, 3.05) is 29.0 Å². The highest BCUT2D eigenvalue weighted by molar-refractivity contribution is 6.37. The predicted molar refractivity (Wildman–Crippen MR) is 101 cm³/mol. The number of carbonyl (C=O) groups is 1. The van der Waals surface area contributed by atoms with Gasteiger partial charge in [0.1, 0.15) is 0 Å². The lowest BCUT2D eigenvalue weighted by molar-refractivity contribution is 0.102. The highest BCUT2D eigenvalue weighted by Crippen LogP contribution is 2.32. The van der Waals surface area contributed by atoms with Crippen LogP contribution in [0.2, 0.25) is 10.0 Å². The number of amides is 1. The third kappa shape index (κ3) is 3.45. The first-order valence-electron chi connectivity index (χ1n) is 7.87. The van der Waals surface area contributed by atoms with Crippen LogP contribution in [-0.4, -0.2) is 19.0 Å². The predicted octanol–water partition coefficient (Wildman–Crippen LogP) is 4.74. The highest BCUT2D eigenvalue weighted by atomic mass is 35.5. The van der Waals surface area contributed by atoms with Crippen LogP contribution in [0.25, 0.3) is 0 Å². The number of anilines is 3. The molecule has 0 spiro atoms. The van der Waals surface area contributed by atoms with Crippen LogP contribution < -0.4 is 16.0 Å². The number of halogens is 2. The second kappa shape index (κ2) is 6.91. The Morgan fingerprint density at radius 1 is 1.17 bits per heavy atom. The van der Waals surface area contributed by atoms with Gasteiger partial charge in [-0.05, 0) is 55.7 Å². The van der Waals surface area contributed by atoms with E-state index in [0.717, 1.165) is 24.3 Å². The number of nitrogens with two attached hydrogens (primary N) is 1. The van der Waals surface area contributed by atoms with Crippen LogP contribution in [0.3, 0.4) is 0 Å². The lowest BCUT2D eigenvalue weighted by Gasteiger charge is -2.22. The number of carbonyl (C=O) groups excluding carboxylic acids is 1. The van der Waals surface area contributed by atoms with Crippen molar-refractivity contribution in [3.8, 4) is 0 Å². The second-order valence-corrected chi connectivity index (χ2v) is 6.84. The van der Waals surface area contributed by atoms with Gasteiger partial charge in [-0.15, -0.1) is 0 Å². The summed E-state index contributed by atoms with van der Waals surface area (Å²) in [5, 5.41) is 3.66. The average Bonchev–Trinajstić information content (AvgIpc) is 3.03. The van der Waals surface area contributed by atoms with Gasteiger partial charge in [-0.2, -0.15) is 0 Å². The molecule has 1 aliphatic rings. The number of nitrogen functional groups attached to an aromatic ring is 1. The zero-order chi connectivity index (χ0) is 17.3. The summed E-state index contributed by atoms with van der Waals surface area (Å²) >= 11 is 12.0. The van der Waals surface area contributed by atoms with E-state index in [1.54, 1.807) is 18.2 Å². The van der Waals surface area contributed by atoms with Gasteiger partial charge in [0, 0.05) is 23.8 Å². The Kier molecular flexibility index (Phi) is 4.88. The Morgan fingerprint density at radius 2 is 1.88 bits per heavy atom. The molecule has 126 valence electrons. The molecular weight excluding hydrogens is 345 g/mol. The van der Waals surface area contributed by atoms with Crippen molar-refractivity contribution in [2.24, 2.45) is 0 Å². The van der Waals surface area contributed by atoms with Gasteiger partial charge in [0.2, 0.25) is 0 Å². The summed E-state index contributed by atoms with van der Waals surface area (Å²) in [7, 11) is 0. The minimum absolute atomic E-state index is 0.306. The average molecular weight is 364 g/mol. The van der Waals surface area contributed by atoms with E-state index in [1.807, 2.05) is 19.1 Å². The van der Waals surface area contributed by atoms with E-state index in [2.05, 4.69) is 10.2 Å². The first kappa shape index (κ1) is 16.9. The molecular formula is C18H19Cl2N3O. The SMILES string of the molecule is Cc1cc(N)c(NC(=O)c2ccc(Cl)cc2Cl)cc1N1CCCC1. The second-order valence-electron chi connectivity index (χ2n) is 6.00. The largest absolute Gasteiger partial charge is 0.397 e. The van der Waals surface area contributed by atoms with E-state index >= 15 is 0 Å². The van der Waals surface area contributed by atoms with Gasteiger partial charge in [0.05, 0.1) is 22.0 Å². The minimum atomic E-state index is -0.306. The van der Waals surface area contributed by atoms with Crippen molar-refractivity contribution in [1.82, 2.24) is 0 Å². The Morgan fingerprint density at radius 3 is 2.54 bits per heavy atom. The Labute approximate surface area is 151 Å². The van der Waals surface area contributed by atoms with E-state index in [1.165, 1.54) is 12.8 Å². The van der Waals surface area contributed by atoms with Gasteiger partial charge in [-0.25, -0.2) is 0 Å². The molecule has 0 aromatic heterocycles. The van der Waals surface area contributed by atoms with E-state index in [9.17, 15) is 4.79 Å². The molecule has 0 radical (unpaired) electrons. The van der Waals surface area contributed by atoms with Crippen molar-refractivity contribution in [3.63, 3.8) is 0 Å². The smallest absolute Gasteiger partial charge is 0.257 e. The quantitative estimate of drug-likeness (QED) is 0.774. The highest BCUT2D eigenvalue weighted by Gasteiger charge is 2.18. The standard InChI is InChI=1S/C18H19Cl2N3O/c1-11-8-15(21)16(10-17(11)23-6-2-3-7-23)22-18(24)13-5-4-12(19)9-14(13)20/h4-5,8-10H,2-3,6-7,21H2,1H3,(H,22,24). The van der Waals surface area contributed by atoms with Crippen LogP contribution in [0.4, 0.5) is 17.1 Å². The molecule has 2 aromatic rings. The number of hydrogen-bond donors (Lipinski definition) is 2. The number of rotatable bonds is 3. The molecule has 4 nitrogen and oxygen atoms in total. The third-order valence-electron chi connectivity index (χ3n) is 4.24. The van der Waals surface area contributed by atoms with Gasteiger partial charge in [0.15, 0.2) is 0 Å². The molecule has 24 heavy (non-hydrogen) atoms. The molecule has 3 N–H and O–H groups in total. The van der Waals surface area contributed by atoms with Crippen molar-refractivity contribution >= 4 is 46.2 Å². The zero-order valence-electron chi connectivity index (χ0n) is 13.4. The van der Waals surface area contributed by atoms with Crippen LogP contribution in [0.1, 0.15) is 28.8 Å². The van der Waals surface area contributed by atoms with Gasteiger partial charge >= 0.3 is 0 Å². The van der Waals surface area contributed by atoms with E-state index in [0.29, 0.717) is 27.0 Å². The van der Waals surface area contributed by atoms with Crippen molar-refractivity contribution in [3.05, 3.63) is 51.5 Å². The lowest BCUT2D eigenvalue weighted by atomic mass is 10.1. The third-order valence-corrected chi connectivity index (χ3v) is 4.79. The molecule has 0 saturated carbocycles. The molecule has 1 fully saturated rings. The summed E-state index contributed by atoms with van der Waals surface area (Å²) in [5.74, 6) is -0.306. The summed E-state index contributed by atoms with van der Waals surface area (Å²) < 4.78 is 0. The van der Waals surface area contributed by atoms with E-state index < -0.39 is 0 Å². The number of aryl methyl sites for hydroxylation is 1. The first-order valence-corrected chi connectivity index (χ1v) is 8.63. The van der Waals surface area contributed by atoms with Crippen LogP contribution >= 0.6 is 23.2 Å². The summed E-state index contributed by atoms with van der Waals surface area (Å²) in [6.07, 6.45) is 2.37. The van der Waals surface area contributed by atoms with Crippen LogP contribution in [-0.2, 0) is 0 Å². The van der Waals surface area contributed by atoms with Gasteiger partial charge in [-0.3, -0.25) is 4.79 Å². The minimum Gasteiger partial charge on any atom is -0.397 e. The van der Waals surface area contributed by atoms with Crippen LogP contribution in [0.15, 0.2) is 30.3 Å². The molecule has 0 aliphatic carbocycles. The van der Waals surface area contributed by atoms with Gasteiger partial charge < -0.3 is 16.0 Å². The fourth-order valence-corrected chi connectivity index (χ4v) is 3.48. The summed E-state index contributed by atoms with van der Waals surface area (Å²) in [4.78, 5) is 14.8. The van der Waals surface area contributed by atoms with Crippen LogP contribution in [0.5, 0.6) is 0 Å². The first-order chi connectivity index (χ1) is 11.5. The maximum absolute atomic E-state index is 12.5. The molecule has 0 bridgehead atoms. The molecule has 1 amide bonds. The van der Waals surface area contributed by atoms with E-state index in [4.69, 9.17) is 28.9 Å². The monoisotopic (exact) mass is 363 g/mol. The topological polar surface area (TPSA) is 58.4 Å². The van der Waals surface area contributed by atoms with Crippen molar-refractivity contribution in [2.45, 2.75) is 19.8 Å². The van der Waals surface area contributed by atoms with E-state index in [-0.39, 0.29) is 5.91 Å². The number of benzene rings is 2. The summed E-state index contributed by atoms with van der Waals surface area (Å²) in [6.45, 7) is 4.09. The number of nitrogens with one attached hydrogen (secondary N) is 1. The zero-order valence-corrected chi connectivity index (χ0v) is 14.9. The summed E-state index contributed by atoms with van der Waals surface area (Å²) in [6, 6.07) is 8.62. The van der Waals surface area contributed by atoms with Crippen molar-refractivity contribution < 1.29 is 4.79 Å². The molecule has 1 aliphatic heterocycles. The molecule has 2 aromatic carbocycles. The molecule has 0 unspecified atom stereocenters. The molecule has 6 heteroatoms. The number of hydrogen-bond acceptors (Lipinski definition) is 3. The van der Waals surface area contributed by atoms with Crippen molar-refractivity contribution in [1.29, 1.82) is 0 Å². The van der Waals surface area contributed by atoms with Crippen LogP contribution in [0, 0.1) is 6.92 Å². The lowest BCUT2D eigenvalue weighted by Crippen LogP contribution is -2.20. The molecule has 3 rings (SSSR count). The Hall–Kier alpha value is -1.91. The molecule has 1 saturated heterocycles. The van der Waals surface area contributed by atoms with Gasteiger partial charge in [-0.1, -0.05) is 23.2 Å². The maximum Gasteiger partial charge on any atom is 0.257 e. The fourth-order valence-electron chi connectivity index (χ4n) is 2.99. The molecule has 1 heterocycles. The van der Waals surface area contributed by atoms with Gasteiger partial charge in [0.25, 0.3) is 5.91 Å². The normalized spacial score (nSPS) is 14.0. The fraction of sp³-hybridized carbons (Fsp3) is 0.278.